The summed E-state index contributed by atoms with van der Waals surface area (Å²) in [5.74, 6) is -6.64. The smallest absolute Gasteiger partial charge is 0.398 e. The van der Waals surface area contributed by atoms with Gasteiger partial charge in [0.2, 0.25) is 0 Å². The molecule has 4 bridgehead atoms. The summed E-state index contributed by atoms with van der Waals surface area (Å²) in [6.07, 6.45) is 8.01. The lowest BCUT2D eigenvalue weighted by molar-refractivity contribution is -0.153. The average molecular weight is 999 g/mol. The lowest BCUT2D eigenvalue weighted by Gasteiger charge is -2.46. The monoisotopic (exact) mass is 998 g/mol. The van der Waals surface area contributed by atoms with Crippen LogP contribution in [-0.4, -0.2) is 78.7 Å². The van der Waals surface area contributed by atoms with E-state index in [4.69, 9.17) is 0 Å². The lowest BCUT2D eigenvalue weighted by atomic mass is 9.57. The maximum absolute atomic E-state index is 15.8. The average Bonchev–Trinajstić information content (AvgIpc) is 3.92. The zero-order valence-corrected chi connectivity index (χ0v) is 39.4. The van der Waals surface area contributed by atoms with Crippen LogP contribution < -0.4 is 0 Å². The first kappa shape index (κ1) is 48.7. The number of alkyl halides is 3. The summed E-state index contributed by atoms with van der Waals surface area (Å²) in [6.45, 7) is 5.93. The van der Waals surface area contributed by atoms with Crippen molar-refractivity contribution in [2.75, 3.05) is 5.75 Å². The molecule has 4 N–H and O–H groups in total. The molecule has 0 spiro atoms. The number of pyridine rings is 2. The molecule has 12 rings (SSSR count). The van der Waals surface area contributed by atoms with E-state index in [0.29, 0.717) is 27.6 Å². The number of fused-ring (bicyclic) bond motifs is 8. The van der Waals surface area contributed by atoms with Crippen LogP contribution in [-0.2, 0) is 22.4 Å². The zero-order valence-electron chi connectivity index (χ0n) is 37.7. The molecule has 0 aromatic carbocycles. The van der Waals surface area contributed by atoms with Crippen LogP contribution >= 0.6 is 23.5 Å². The van der Waals surface area contributed by atoms with Crippen molar-refractivity contribution in [3.63, 3.8) is 0 Å². The van der Waals surface area contributed by atoms with Crippen LogP contribution in [0.2, 0.25) is 0 Å². The Kier molecular flexibility index (Phi) is 13.5. The molecule has 0 saturated heterocycles. The van der Waals surface area contributed by atoms with Crippen molar-refractivity contribution in [1.29, 1.82) is 0 Å². The minimum absolute atomic E-state index is 0.00592. The summed E-state index contributed by atoms with van der Waals surface area (Å²) >= 11 is 1.51. The van der Waals surface area contributed by atoms with Gasteiger partial charge < -0.3 is 20.2 Å². The number of carboxylic acid groups (broad SMARTS) is 2. The molecule has 6 fully saturated rings. The fourth-order valence-electron chi connectivity index (χ4n) is 11.3. The highest BCUT2D eigenvalue weighted by Gasteiger charge is 2.49. The molecule has 0 amide bonds. The summed E-state index contributed by atoms with van der Waals surface area (Å²) in [5, 5.41) is 20.4. The summed E-state index contributed by atoms with van der Waals surface area (Å²) < 4.78 is 97.4. The van der Waals surface area contributed by atoms with E-state index in [0.717, 1.165) is 63.8 Å². The maximum Gasteiger partial charge on any atom is 0.398 e. The quantitative estimate of drug-likeness (QED) is 0.0548. The van der Waals surface area contributed by atoms with Crippen LogP contribution in [0.1, 0.15) is 83.5 Å². The normalized spacial score (nSPS) is 24.4. The molecule has 12 nitrogen and oxygen atoms in total. The van der Waals surface area contributed by atoms with E-state index in [9.17, 15) is 41.8 Å². The van der Waals surface area contributed by atoms with Crippen molar-refractivity contribution in [1.82, 2.24) is 39.9 Å². The van der Waals surface area contributed by atoms with E-state index >= 15 is 8.78 Å². The Morgan fingerprint density at radius 1 is 0.638 bits per heavy atom. The van der Waals surface area contributed by atoms with Crippen molar-refractivity contribution in [3.8, 4) is 22.8 Å². The maximum atomic E-state index is 15.8. The van der Waals surface area contributed by atoms with Gasteiger partial charge >= 0.3 is 18.1 Å². The topological polar surface area (TPSA) is 184 Å². The van der Waals surface area contributed by atoms with Crippen LogP contribution in [0, 0.1) is 70.6 Å². The van der Waals surface area contributed by atoms with E-state index in [-0.39, 0.29) is 98.5 Å². The molecule has 0 radical (unpaired) electrons. The van der Waals surface area contributed by atoms with Gasteiger partial charge in [-0.1, -0.05) is 44.3 Å². The first-order chi connectivity index (χ1) is 32.7. The van der Waals surface area contributed by atoms with Gasteiger partial charge in [-0.3, -0.25) is 9.59 Å². The van der Waals surface area contributed by atoms with Gasteiger partial charge in [0.1, 0.15) is 33.0 Å². The number of nitrogens with one attached hydrogen (secondary N) is 2. The highest BCUT2D eigenvalue weighted by atomic mass is 32.2. The van der Waals surface area contributed by atoms with Gasteiger partial charge in [0.05, 0.1) is 41.4 Å². The molecule has 6 heterocycles. The number of carboxylic acids is 2. The van der Waals surface area contributed by atoms with E-state index in [2.05, 4.69) is 39.9 Å². The van der Waals surface area contributed by atoms with Crippen LogP contribution in [0.3, 0.4) is 0 Å². The number of hydrogen-bond acceptors (Lipinski definition) is 10. The highest BCUT2D eigenvalue weighted by Crippen LogP contribution is 2.52. The second-order valence-corrected chi connectivity index (χ2v) is 22.4. The molecular weight excluding hydrogens is 950 g/mol. The van der Waals surface area contributed by atoms with Gasteiger partial charge in [-0.15, -0.1) is 0 Å². The molecule has 6 aromatic heterocycles. The number of carbonyl (C=O) groups is 2. The standard InChI is InChI=1S/C25H28F2N4O2S.C23H21F5N4O2S/c1-25(2,3)34-23-20(27)18(9-15-12-4-6-13(7-5-12)19(15)24(32)33)30-22(31-23)17-11-29-21-16(17)8-14(26)10-28-21;24-12-5-14-15(8-30-19(14)29-7-12)20-31-16(18(25)21(32-20)35-9-23(26,27)28)6-13-10-1-3-11(4-2-10)17(13)22(33)34/h8,10-13,15,19H,4-7,9H2,1-3H3,(H,28,29)(H,32,33);5,7-8,10-11,13,17H,1-4,6,9H2,(H,29,30)(H,33,34). The largest absolute Gasteiger partial charge is 0.481 e. The Labute approximate surface area is 399 Å². The van der Waals surface area contributed by atoms with Crippen LogP contribution in [0.25, 0.3) is 44.8 Å². The fourth-order valence-corrected chi connectivity index (χ4v) is 13.0. The molecular formula is C48H49F7N8O4S2. The van der Waals surface area contributed by atoms with E-state index in [1.54, 1.807) is 6.20 Å². The number of halogens is 7. The second-order valence-electron chi connectivity index (χ2n) is 19.7. The van der Waals surface area contributed by atoms with E-state index in [1.165, 1.54) is 30.1 Å². The Bertz CT molecular complexity index is 2910. The number of H-pyrrole nitrogens is 2. The molecule has 6 aromatic rings. The van der Waals surface area contributed by atoms with Gasteiger partial charge in [-0.05, 0) is 112 Å². The molecule has 366 valence electrons. The number of aromatic amines is 2. The van der Waals surface area contributed by atoms with Gasteiger partial charge in [0.15, 0.2) is 23.3 Å². The number of rotatable bonds is 11. The minimum atomic E-state index is -4.55. The molecule has 6 aliphatic rings. The number of aromatic nitrogens is 8. The number of hydrogen-bond donors (Lipinski definition) is 4. The van der Waals surface area contributed by atoms with Crippen LogP contribution in [0.5, 0.6) is 0 Å². The predicted octanol–water partition coefficient (Wildman–Crippen LogP) is 11.5. The Hall–Kier alpha value is -5.31. The molecule has 21 heteroatoms. The van der Waals surface area contributed by atoms with Gasteiger partial charge in [0.25, 0.3) is 0 Å². The first-order valence-electron chi connectivity index (χ1n) is 22.9. The molecule has 6 aliphatic carbocycles. The highest BCUT2D eigenvalue weighted by molar-refractivity contribution is 8.00. The third-order valence-corrected chi connectivity index (χ3v) is 16.3. The van der Waals surface area contributed by atoms with Crippen molar-refractivity contribution >= 4 is 57.5 Å². The fraction of sp³-hybridized carbons (Fsp3) is 0.500. The summed E-state index contributed by atoms with van der Waals surface area (Å²) in [5.41, 5.74) is 1.73. The van der Waals surface area contributed by atoms with Crippen molar-refractivity contribution < 1.29 is 50.5 Å². The van der Waals surface area contributed by atoms with Gasteiger partial charge in [-0.2, -0.15) is 13.2 Å². The summed E-state index contributed by atoms with van der Waals surface area (Å²) in [7, 11) is 0. The third kappa shape index (κ3) is 10.3. The second kappa shape index (κ2) is 19.1. The molecule has 6 saturated carbocycles. The first-order valence-corrected chi connectivity index (χ1v) is 24.7. The van der Waals surface area contributed by atoms with Crippen molar-refractivity contribution in [2.24, 2.45) is 47.3 Å². The Balaban J connectivity index is 0.000000172. The van der Waals surface area contributed by atoms with Gasteiger partial charge in [-0.25, -0.2) is 47.5 Å². The minimum Gasteiger partial charge on any atom is -0.481 e. The van der Waals surface area contributed by atoms with E-state index in [1.807, 2.05) is 20.8 Å². The summed E-state index contributed by atoms with van der Waals surface area (Å²) in [4.78, 5) is 55.5. The Morgan fingerprint density at radius 2 is 1.04 bits per heavy atom. The number of aliphatic carboxylic acids is 2. The third-order valence-electron chi connectivity index (χ3n) is 14.2. The van der Waals surface area contributed by atoms with Crippen molar-refractivity contribution in [2.45, 2.75) is 106 Å². The van der Waals surface area contributed by atoms with Crippen LogP contribution in [0.4, 0.5) is 30.7 Å². The Morgan fingerprint density at radius 3 is 1.45 bits per heavy atom. The molecule has 4 atom stereocenters. The zero-order chi connectivity index (χ0) is 49.1. The van der Waals surface area contributed by atoms with Crippen LogP contribution in [0.15, 0.2) is 47.0 Å². The van der Waals surface area contributed by atoms with Crippen molar-refractivity contribution in [3.05, 3.63) is 71.6 Å². The molecule has 4 unspecified atom stereocenters. The molecule has 0 aliphatic heterocycles. The SMILES string of the molecule is CC(C)(C)Sc1nc(-c2c[nH]c3ncc(F)cc23)nc(CC2C3CCC(CC3)C2C(=O)O)c1F.O=C(O)C1C2CCC(CC2)C1Cc1nc(-c2c[nH]c3ncc(F)cc23)nc(SCC(F)(F)F)c1F. The predicted molar refractivity (Wildman–Crippen MR) is 244 cm³/mol. The molecule has 69 heavy (non-hydrogen) atoms. The van der Waals surface area contributed by atoms with Gasteiger partial charge in [0, 0.05) is 39.0 Å². The lowest BCUT2D eigenvalue weighted by Crippen LogP contribution is -2.45. The number of nitrogens with zero attached hydrogens (tertiary/aromatic N) is 6. The summed E-state index contributed by atoms with van der Waals surface area (Å²) in [6, 6.07) is 2.54. The number of thioether (sulfide) groups is 2. The van der Waals surface area contributed by atoms with E-state index < -0.39 is 64.0 Å².